The van der Waals surface area contributed by atoms with Crippen molar-refractivity contribution in [3.8, 4) is 11.3 Å². The lowest BCUT2D eigenvalue weighted by atomic mass is 10.1. The maximum Gasteiger partial charge on any atom is 0.410 e. The number of nitrogens with one attached hydrogen (secondary N) is 2. The van der Waals surface area contributed by atoms with Gasteiger partial charge < -0.3 is 24.8 Å². The van der Waals surface area contributed by atoms with E-state index in [1.165, 1.54) is 17.0 Å². The van der Waals surface area contributed by atoms with Crippen molar-refractivity contribution < 1.29 is 18.7 Å². The van der Waals surface area contributed by atoms with Gasteiger partial charge in [0.2, 0.25) is 11.9 Å². The van der Waals surface area contributed by atoms with Crippen molar-refractivity contribution in [2.24, 2.45) is 0 Å². The molecule has 6 rings (SSSR count). The van der Waals surface area contributed by atoms with Gasteiger partial charge in [-0.1, -0.05) is 0 Å². The molecule has 4 aromatic rings. The number of hydrogen-bond donors (Lipinski definition) is 2. The molecule has 0 spiro atoms. The van der Waals surface area contributed by atoms with Crippen LogP contribution in [0.25, 0.3) is 22.2 Å². The van der Waals surface area contributed by atoms with Crippen molar-refractivity contribution in [3.05, 3.63) is 66.7 Å². The molecule has 2 aliphatic heterocycles. The van der Waals surface area contributed by atoms with Crippen LogP contribution in [0, 0.1) is 5.82 Å². The highest BCUT2D eigenvalue weighted by Gasteiger charge is 2.28. The summed E-state index contributed by atoms with van der Waals surface area (Å²) in [6, 6.07) is 14.4. The van der Waals surface area contributed by atoms with Crippen LogP contribution >= 0.6 is 0 Å². The Hall–Kier alpha value is -4.67. The van der Waals surface area contributed by atoms with E-state index in [0.717, 1.165) is 27.8 Å². The molecule has 4 heterocycles. The summed E-state index contributed by atoms with van der Waals surface area (Å²) in [6.07, 6.45) is 3.07. The number of rotatable bonds is 6. The highest BCUT2D eigenvalue weighted by atomic mass is 19.1. The molecule has 2 aliphatic rings. The molecule has 2 aromatic heterocycles. The Labute approximate surface area is 218 Å². The molecule has 0 radical (unpaired) electrons. The second-order valence-corrected chi connectivity index (χ2v) is 9.23. The number of halogens is 1. The third-order valence-corrected chi connectivity index (χ3v) is 6.87. The first-order valence-electron chi connectivity index (χ1n) is 12.4. The van der Waals surface area contributed by atoms with Crippen molar-refractivity contribution in [3.63, 3.8) is 0 Å². The Kier molecular flexibility index (Phi) is 6.24. The van der Waals surface area contributed by atoms with E-state index in [2.05, 4.69) is 25.2 Å². The van der Waals surface area contributed by atoms with Crippen LogP contribution in [-0.2, 0) is 9.53 Å². The summed E-state index contributed by atoms with van der Waals surface area (Å²) < 4.78 is 18.7. The largest absolute Gasteiger partial charge is 0.448 e. The molecule has 194 valence electrons. The number of ether oxygens (including phenoxy) is 1. The Morgan fingerprint density at radius 3 is 2.63 bits per heavy atom. The highest BCUT2D eigenvalue weighted by molar-refractivity contribution is 5.94. The Morgan fingerprint density at radius 1 is 1.05 bits per heavy atom. The normalized spacial score (nSPS) is 15.7. The molecule has 2 N–H and O–H groups in total. The van der Waals surface area contributed by atoms with E-state index in [1.807, 2.05) is 30.5 Å². The first-order chi connectivity index (χ1) is 18.5. The number of aromatic amines is 1. The van der Waals surface area contributed by atoms with Gasteiger partial charge in [-0.15, -0.1) is 0 Å². The number of piperazine rings is 1. The zero-order chi connectivity index (χ0) is 26.1. The molecule has 2 aromatic carbocycles. The van der Waals surface area contributed by atoms with E-state index >= 15 is 0 Å². The number of anilines is 3. The summed E-state index contributed by atoms with van der Waals surface area (Å²) >= 11 is 0. The van der Waals surface area contributed by atoms with Crippen molar-refractivity contribution in [2.45, 2.75) is 0 Å². The summed E-state index contributed by atoms with van der Waals surface area (Å²) in [7, 11) is 0. The SMILES string of the molecule is O=C(CN1CCOC1=O)N1CCN(c2ccc(Nc3nccc(-c4c[nH]c5ccc(F)cc45)n3)cc2)CC1. The Morgan fingerprint density at radius 2 is 1.87 bits per heavy atom. The first kappa shape index (κ1) is 23.7. The Balaban J connectivity index is 1.07. The maximum atomic E-state index is 13.8. The van der Waals surface area contributed by atoms with E-state index in [4.69, 9.17) is 4.74 Å². The fourth-order valence-electron chi connectivity index (χ4n) is 4.81. The minimum atomic E-state index is -0.420. The molecular formula is C27H26FN7O3. The molecule has 0 saturated carbocycles. The lowest BCUT2D eigenvalue weighted by molar-refractivity contribution is -0.132. The van der Waals surface area contributed by atoms with Crippen LogP contribution in [0.2, 0.25) is 0 Å². The Bertz CT molecular complexity index is 1480. The lowest BCUT2D eigenvalue weighted by Crippen LogP contribution is -2.51. The average molecular weight is 516 g/mol. The van der Waals surface area contributed by atoms with Crippen LogP contribution in [0.15, 0.2) is 60.9 Å². The van der Waals surface area contributed by atoms with Gasteiger partial charge in [-0.3, -0.25) is 9.69 Å². The van der Waals surface area contributed by atoms with Gasteiger partial charge in [0.05, 0.1) is 12.2 Å². The van der Waals surface area contributed by atoms with Gasteiger partial charge in [-0.25, -0.2) is 19.2 Å². The third-order valence-electron chi connectivity index (χ3n) is 6.87. The van der Waals surface area contributed by atoms with E-state index in [0.29, 0.717) is 51.0 Å². The smallest absolute Gasteiger partial charge is 0.410 e. The van der Waals surface area contributed by atoms with Gasteiger partial charge in [-0.2, -0.15) is 0 Å². The van der Waals surface area contributed by atoms with Crippen molar-refractivity contribution >= 4 is 40.2 Å². The first-order valence-corrected chi connectivity index (χ1v) is 12.4. The highest BCUT2D eigenvalue weighted by Crippen LogP contribution is 2.29. The number of amides is 2. The summed E-state index contributed by atoms with van der Waals surface area (Å²) in [6.45, 7) is 3.48. The third kappa shape index (κ3) is 4.82. The predicted molar refractivity (Wildman–Crippen MR) is 141 cm³/mol. The second kappa shape index (κ2) is 10.0. The fourth-order valence-corrected chi connectivity index (χ4v) is 4.81. The monoisotopic (exact) mass is 515 g/mol. The van der Waals surface area contributed by atoms with Crippen LogP contribution in [0.4, 0.5) is 26.5 Å². The molecule has 0 bridgehead atoms. The maximum absolute atomic E-state index is 13.8. The average Bonchev–Trinajstić information content (AvgIpc) is 3.55. The summed E-state index contributed by atoms with van der Waals surface area (Å²) in [5, 5.41) is 4.00. The number of hydrogen-bond acceptors (Lipinski definition) is 7. The molecule has 2 saturated heterocycles. The topological polar surface area (TPSA) is 107 Å². The van der Waals surface area contributed by atoms with Crippen molar-refractivity contribution in [1.82, 2.24) is 24.8 Å². The number of nitrogens with zero attached hydrogens (tertiary/aromatic N) is 5. The number of carbonyl (C=O) groups is 2. The van der Waals surface area contributed by atoms with Crippen LogP contribution in [-0.4, -0.2) is 82.6 Å². The fraction of sp³-hybridized carbons (Fsp3) is 0.259. The van der Waals surface area contributed by atoms with Gasteiger partial charge in [0.25, 0.3) is 0 Å². The van der Waals surface area contributed by atoms with Crippen LogP contribution < -0.4 is 10.2 Å². The second-order valence-electron chi connectivity index (χ2n) is 9.23. The molecule has 0 unspecified atom stereocenters. The molecule has 10 nitrogen and oxygen atoms in total. The van der Waals surface area contributed by atoms with Gasteiger partial charge in [0.1, 0.15) is 19.0 Å². The number of H-pyrrole nitrogens is 1. The number of carbonyl (C=O) groups excluding carboxylic acids is 2. The number of aromatic nitrogens is 3. The quantitative estimate of drug-likeness (QED) is 0.404. The number of cyclic esters (lactones) is 1. The van der Waals surface area contributed by atoms with E-state index in [-0.39, 0.29) is 18.3 Å². The summed E-state index contributed by atoms with van der Waals surface area (Å²) in [4.78, 5) is 41.7. The molecule has 2 amide bonds. The summed E-state index contributed by atoms with van der Waals surface area (Å²) in [5.74, 6) is 0.0885. The molecular weight excluding hydrogens is 489 g/mol. The van der Waals surface area contributed by atoms with Crippen LogP contribution in [0.1, 0.15) is 0 Å². The molecule has 0 atom stereocenters. The molecule has 11 heteroatoms. The zero-order valence-corrected chi connectivity index (χ0v) is 20.6. The van der Waals surface area contributed by atoms with Crippen molar-refractivity contribution in [1.29, 1.82) is 0 Å². The minimum absolute atomic E-state index is 0.0527. The zero-order valence-electron chi connectivity index (χ0n) is 20.6. The summed E-state index contributed by atoms with van der Waals surface area (Å²) in [5.41, 5.74) is 4.22. The molecule has 38 heavy (non-hydrogen) atoms. The molecule has 0 aliphatic carbocycles. The minimum Gasteiger partial charge on any atom is -0.448 e. The number of fused-ring (bicyclic) bond motifs is 1. The molecule has 2 fully saturated rings. The predicted octanol–water partition coefficient (Wildman–Crippen LogP) is 3.61. The van der Waals surface area contributed by atoms with Gasteiger partial charge >= 0.3 is 6.09 Å². The van der Waals surface area contributed by atoms with Crippen LogP contribution in [0.5, 0.6) is 0 Å². The van der Waals surface area contributed by atoms with Crippen molar-refractivity contribution in [2.75, 3.05) is 56.1 Å². The van der Waals surface area contributed by atoms with E-state index < -0.39 is 6.09 Å². The van der Waals surface area contributed by atoms with E-state index in [1.54, 1.807) is 23.2 Å². The van der Waals surface area contributed by atoms with E-state index in [9.17, 15) is 14.0 Å². The van der Waals surface area contributed by atoms with Gasteiger partial charge in [0, 0.05) is 66.4 Å². The number of benzene rings is 2. The van der Waals surface area contributed by atoms with Gasteiger partial charge in [-0.05, 0) is 48.5 Å². The standard InChI is InChI=1S/C27H26FN7O3/c28-18-1-6-23-21(15-18)22(16-30-23)24-7-8-29-26(32-24)31-19-2-4-20(5-3-19)33-9-11-34(12-10-33)25(36)17-35-13-14-38-27(35)37/h1-8,15-16,30H,9-14,17H2,(H,29,31,32). The van der Waals surface area contributed by atoms with Gasteiger partial charge in [0.15, 0.2) is 0 Å². The van der Waals surface area contributed by atoms with Crippen LogP contribution in [0.3, 0.4) is 0 Å². The lowest BCUT2D eigenvalue weighted by Gasteiger charge is -2.36.